The number of rotatable bonds is 4. The SMILES string of the molecule is O=C(CCc1ccc[nH]1)Oc1ccccc1. The van der Waals surface area contributed by atoms with E-state index in [9.17, 15) is 4.79 Å². The van der Waals surface area contributed by atoms with Crippen LogP contribution in [0.5, 0.6) is 5.75 Å². The van der Waals surface area contributed by atoms with E-state index in [2.05, 4.69) is 4.98 Å². The molecule has 0 aliphatic rings. The fourth-order valence-corrected chi connectivity index (χ4v) is 1.43. The Balaban J connectivity index is 1.81. The number of carbonyl (C=O) groups is 1. The summed E-state index contributed by atoms with van der Waals surface area (Å²) in [5, 5.41) is 0. The molecule has 1 aromatic heterocycles. The lowest BCUT2D eigenvalue weighted by Crippen LogP contribution is -2.08. The van der Waals surface area contributed by atoms with Gasteiger partial charge in [-0.15, -0.1) is 0 Å². The highest BCUT2D eigenvalue weighted by atomic mass is 16.5. The van der Waals surface area contributed by atoms with E-state index in [0.717, 1.165) is 5.69 Å². The Morgan fingerprint density at radius 2 is 1.94 bits per heavy atom. The first-order valence-corrected chi connectivity index (χ1v) is 5.22. The van der Waals surface area contributed by atoms with E-state index in [4.69, 9.17) is 4.74 Å². The van der Waals surface area contributed by atoms with Gasteiger partial charge in [0.05, 0.1) is 6.42 Å². The molecule has 3 nitrogen and oxygen atoms in total. The summed E-state index contributed by atoms with van der Waals surface area (Å²) in [4.78, 5) is 14.5. The van der Waals surface area contributed by atoms with Crippen molar-refractivity contribution in [2.75, 3.05) is 0 Å². The van der Waals surface area contributed by atoms with Crippen LogP contribution in [0.3, 0.4) is 0 Å². The van der Waals surface area contributed by atoms with Crippen LogP contribution in [0.1, 0.15) is 12.1 Å². The molecule has 2 aromatic rings. The van der Waals surface area contributed by atoms with Crippen molar-refractivity contribution in [3.05, 3.63) is 54.4 Å². The highest BCUT2D eigenvalue weighted by molar-refractivity contribution is 5.72. The topological polar surface area (TPSA) is 42.1 Å². The minimum atomic E-state index is -0.208. The van der Waals surface area contributed by atoms with Crippen molar-refractivity contribution in [1.82, 2.24) is 4.98 Å². The van der Waals surface area contributed by atoms with Crippen LogP contribution in [0.25, 0.3) is 0 Å². The Bertz CT molecular complexity index is 434. The average molecular weight is 215 g/mol. The molecule has 0 fully saturated rings. The van der Waals surface area contributed by atoms with Gasteiger partial charge < -0.3 is 9.72 Å². The Morgan fingerprint density at radius 1 is 1.12 bits per heavy atom. The first kappa shape index (κ1) is 10.5. The van der Waals surface area contributed by atoms with Gasteiger partial charge in [0.2, 0.25) is 0 Å². The number of aromatic nitrogens is 1. The highest BCUT2D eigenvalue weighted by Gasteiger charge is 2.05. The van der Waals surface area contributed by atoms with Gasteiger partial charge in [-0.1, -0.05) is 18.2 Å². The summed E-state index contributed by atoms with van der Waals surface area (Å²) in [7, 11) is 0. The Kier molecular flexibility index (Phi) is 3.38. The normalized spacial score (nSPS) is 10.0. The van der Waals surface area contributed by atoms with Crippen LogP contribution in [0.2, 0.25) is 0 Å². The smallest absolute Gasteiger partial charge is 0.311 e. The Hall–Kier alpha value is -2.03. The molecule has 0 saturated carbocycles. The molecule has 0 aliphatic carbocycles. The monoisotopic (exact) mass is 215 g/mol. The van der Waals surface area contributed by atoms with E-state index in [-0.39, 0.29) is 5.97 Å². The molecule has 0 spiro atoms. The summed E-state index contributed by atoms with van der Waals surface area (Å²) >= 11 is 0. The second-order valence-corrected chi connectivity index (χ2v) is 3.48. The molecule has 0 unspecified atom stereocenters. The lowest BCUT2D eigenvalue weighted by molar-refractivity contribution is -0.134. The number of nitrogens with one attached hydrogen (secondary N) is 1. The Labute approximate surface area is 94.1 Å². The number of esters is 1. The first-order chi connectivity index (χ1) is 7.84. The van der Waals surface area contributed by atoms with Gasteiger partial charge in [0.15, 0.2) is 0 Å². The summed E-state index contributed by atoms with van der Waals surface area (Å²) in [6.07, 6.45) is 2.91. The van der Waals surface area contributed by atoms with Crippen molar-refractivity contribution in [2.24, 2.45) is 0 Å². The number of carbonyl (C=O) groups excluding carboxylic acids is 1. The van der Waals surface area contributed by atoms with E-state index in [1.165, 1.54) is 0 Å². The van der Waals surface area contributed by atoms with E-state index in [1.54, 1.807) is 12.1 Å². The van der Waals surface area contributed by atoms with Crippen LogP contribution in [-0.2, 0) is 11.2 Å². The maximum absolute atomic E-state index is 11.5. The molecule has 16 heavy (non-hydrogen) atoms. The summed E-state index contributed by atoms with van der Waals surface area (Å²) < 4.78 is 5.16. The van der Waals surface area contributed by atoms with Gasteiger partial charge in [0.1, 0.15) is 5.75 Å². The van der Waals surface area contributed by atoms with Gasteiger partial charge in [0, 0.05) is 11.9 Å². The van der Waals surface area contributed by atoms with Gasteiger partial charge in [-0.2, -0.15) is 0 Å². The van der Waals surface area contributed by atoms with Gasteiger partial charge in [-0.25, -0.2) is 0 Å². The molecule has 1 aromatic carbocycles. The summed E-state index contributed by atoms with van der Waals surface area (Å²) in [5.41, 5.74) is 1.05. The fraction of sp³-hybridized carbons (Fsp3) is 0.154. The van der Waals surface area contributed by atoms with Crippen molar-refractivity contribution in [2.45, 2.75) is 12.8 Å². The van der Waals surface area contributed by atoms with E-state index in [1.807, 2.05) is 36.5 Å². The predicted molar refractivity (Wildman–Crippen MR) is 61.2 cm³/mol. The van der Waals surface area contributed by atoms with E-state index >= 15 is 0 Å². The second-order valence-electron chi connectivity index (χ2n) is 3.48. The molecular formula is C13H13NO2. The molecule has 0 aliphatic heterocycles. The molecular weight excluding hydrogens is 202 g/mol. The molecule has 0 saturated heterocycles. The third-order valence-electron chi connectivity index (χ3n) is 2.24. The molecule has 0 amide bonds. The van der Waals surface area contributed by atoms with Crippen molar-refractivity contribution in [3.63, 3.8) is 0 Å². The second kappa shape index (κ2) is 5.16. The number of hydrogen-bond donors (Lipinski definition) is 1. The van der Waals surface area contributed by atoms with Gasteiger partial charge in [-0.3, -0.25) is 4.79 Å². The quantitative estimate of drug-likeness (QED) is 0.629. The fourth-order valence-electron chi connectivity index (χ4n) is 1.43. The average Bonchev–Trinajstić information content (AvgIpc) is 2.81. The zero-order chi connectivity index (χ0) is 11.2. The number of hydrogen-bond acceptors (Lipinski definition) is 2. The van der Waals surface area contributed by atoms with Crippen LogP contribution in [0.4, 0.5) is 0 Å². The van der Waals surface area contributed by atoms with Crippen molar-refractivity contribution >= 4 is 5.97 Å². The zero-order valence-electron chi connectivity index (χ0n) is 8.85. The predicted octanol–water partition coefficient (Wildman–Crippen LogP) is 2.55. The highest BCUT2D eigenvalue weighted by Crippen LogP contribution is 2.10. The molecule has 1 heterocycles. The number of aryl methyl sites for hydroxylation is 1. The summed E-state index contributed by atoms with van der Waals surface area (Å²) in [5.74, 6) is 0.389. The molecule has 0 radical (unpaired) electrons. The lowest BCUT2D eigenvalue weighted by atomic mass is 10.2. The molecule has 0 atom stereocenters. The molecule has 3 heteroatoms. The number of aromatic amines is 1. The largest absolute Gasteiger partial charge is 0.427 e. The number of ether oxygens (including phenoxy) is 1. The van der Waals surface area contributed by atoms with E-state index in [0.29, 0.717) is 18.6 Å². The standard InChI is InChI=1S/C13H13NO2/c15-13(9-8-11-5-4-10-14-11)16-12-6-2-1-3-7-12/h1-7,10,14H,8-9H2. The van der Waals surface area contributed by atoms with Gasteiger partial charge in [-0.05, 0) is 30.7 Å². The lowest BCUT2D eigenvalue weighted by Gasteiger charge is -2.02. The third kappa shape index (κ3) is 2.98. The minimum Gasteiger partial charge on any atom is -0.427 e. The van der Waals surface area contributed by atoms with Crippen LogP contribution in [0.15, 0.2) is 48.7 Å². The number of para-hydroxylation sites is 1. The van der Waals surface area contributed by atoms with Crippen LogP contribution >= 0.6 is 0 Å². The van der Waals surface area contributed by atoms with E-state index < -0.39 is 0 Å². The molecule has 2 rings (SSSR count). The number of benzene rings is 1. The summed E-state index contributed by atoms with van der Waals surface area (Å²) in [6.45, 7) is 0. The zero-order valence-corrected chi connectivity index (χ0v) is 8.85. The first-order valence-electron chi connectivity index (χ1n) is 5.22. The van der Waals surface area contributed by atoms with Crippen molar-refractivity contribution in [1.29, 1.82) is 0 Å². The Morgan fingerprint density at radius 3 is 2.62 bits per heavy atom. The van der Waals surface area contributed by atoms with Crippen molar-refractivity contribution in [3.8, 4) is 5.75 Å². The molecule has 1 N–H and O–H groups in total. The maximum atomic E-state index is 11.5. The molecule has 82 valence electrons. The van der Waals surface area contributed by atoms with Crippen LogP contribution in [-0.4, -0.2) is 11.0 Å². The van der Waals surface area contributed by atoms with Crippen LogP contribution in [0, 0.1) is 0 Å². The van der Waals surface area contributed by atoms with Gasteiger partial charge in [0.25, 0.3) is 0 Å². The van der Waals surface area contributed by atoms with Gasteiger partial charge >= 0.3 is 5.97 Å². The maximum Gasteiger partial charge on any atom is 0.311 e. The minimum absolute atomic E-state index is 0.208. The third-order valence-corrected chi connectivity index (χ3v) is 2.24. The summed E-state index contributed by atoms with van der Waals surface area (Å²) in [6, 6.07) is 13.0. The number of H-pyrrole nitrogens is 1. The molecule has 0 bridgehead atoms. The van der Waals surface area contributed by atoms with Crippen LogP contribution < -0.4 is 4.74 Å². The van der Waals surface area contributed by atoms with Crippen molar-refractivity contribution < 1.29 is 9.53 Å².